The molecule has 0 aliphatic carbocycles. The van der Waals surface area contributed by atoms with Crippen LogP contribution in [0.25, 0.3) is 0 Å². The second-order valence-corrected chi connectivity index (χ2v) is 4.78. The normalized spacial score (nSPS) is 10.4. The minimum Gasteiger partial charge on any atom is -0.337 e. The van der Waals surface area contributed by atoms with E-state index in [0.29, 0.717) is 5.02 Å². The van der Waals surface area contributed by atoms with Gasteiger partial charge in [-0.25, -0.2) is 8.78 Å². The summed E-state index contributed by atoms with van der Waals surface area (Å²) in [6, 6.07) is 9.85. The maximum absolute atomic E-state index is 13.6. The fraction of sp³-hybridized carbons (Fsp3) is 0.133. The average molecular weight is 296 g/mol. The average Bonchev–Trinajstić information content (AvgIpc) is 2.43. The number of amides is 1. The van der Waals surface area contributed by atoms with Crippen LogP contribution < -0.4 is 0 Å². The van der Waals surface area contributed by atoms with E-state index in [-0.39, 0.29) is 12.1 Å². The quantitative estimate of drug-likeness (QED) is 0.841. The second kappa shape index (κ2) is 6.01. The third kappa shape index (κ3) is 3.14. The number of nitrogens with zero attached hydrogens (tertiary/aromatic N) is 1. The molecule has 0 atom stereocenters. The van der Waals surface area contributed by atoms with Gasteiger partial charge in [0.05, 0.1) is 5.56 Å². The number of carbonyl (C=O) groups is 1. The van der Waals surface area contributed by atoms with Gasteiger partial charge in [0.2, 0.25) is 0 Å². The van der Waals surface area contributed by atoms with Crippen LogP contribution in [0.15, 0.2) is 42.5 Å². The van der Waals surface area contributed by atoms with Crippen LogP contribution in [0.2, 0.25) is 5.02 Å². The lowest BCUT2D eigenvalue weighted by molar-refractivity contribution is 0.0780. The lowest BCUT2D eigenvalue weighted by Crippen LogP contribution is -2.27. The van der Waals surface area contributed by atoms with E-state index in [1.807, 2.05) is 0 Å². The molecule has 104 valence electrons. The molecule has 5 heteroatoms. The summed E-state index contributed by atoms with van der Waals surface area (Å²) in [6.45, 7) is 0.217. The highest BCUT2D eigenvalue weighted by Gasteiger charge is 2.17. The Bertz CT molecular complexity index is 646. The molecule has 0 aliphatic heterocycles. The van der Waals surface area contributed by atoms with Gasteiger partial charge in [-0.05, 0) is 29.8 Å². The van der Waals surface area contributed by atoms with Gasteiger partial charge >= 0.3 is 0 Å². The van der Waals surface area contributed by atoms with Gasteiger partial charge < -0.3 is 4.90 Å². The first-order valence-electron chi connectivity index (χ1n) is 5.93. The Balaban J connectivity index is 2.21. The topological polar surface area (TPSA) is 20.3 Å². The molecule has 2 rings (SSSR count). The van der Waals surface area contributed by atoms with Crippen LogP contribution >= 0.6 is 11.6 Å². The first kappa shape index (κ1) is 14.5. The Hall–Kier alpha value is -1.94. The molecule has 20 heavy (non-hydrogen) atoms. The number of halogens is 3. The van der Waals surface area contributed by atoms with Crippen LogP contribution in [0.4, 0.5) is 8.78 Å². The fourth-order valence-corrected chi connectivity index (χ4v) is 2.02. The van der Waals surface area contributed by atoms with Gasteiger partial charge in [0, 0.05) is 18.6 Å². The van der Waals surface area contributed by atoms with Crippen LogP contribution in [0.1, 0.15) is 15.9 Å². The Labute approximate surface area is 120 Å². The number of hydrogen-bond donors (Lipinski definition) is 0. The molecule has 0 spiro atoms. The summed E-state index contributed by atoms with van der Waals surface area (Å²) in [5.41, 5.74) is 0.446. The van der Waals surface area contributed by atoms with Crippen LogP contribution in [-0.4, -0.2) is 17.9 Å². The Kier molecular flexibility index (Phi) is 4.35. The predicted octanol–water partition coefficient (Wildman–Crippen LogP) is 3.89. The number of carbonyl (C=O) groups excluding carboxylic acids is 1. The maximum Gasteiger partial charge on any atom is 0.256 e. The summed E-state index contributed by atoms with van der Waals surface area (Å²) in [5.74, 6) is -2.00. The first-order valence-corrected chi connectivity index (χ1v) is 6.31. The molecular weight excluding hydrogens is 284 g/mol. The third-order valence-electron chi connectivity index (χ3n) is 2.87. The van der Waals surface area contributed by atoms with Gasteiger partial charge in [-0.2, -0.15) is 0 Å². The highest BCUT2D eigenvalue weighted by molar-refractivity contribution is 6.31. The zero-order chi connectivity index (χ0) is 14.7. The van der Waals surface area contributed by atoms with Crippen molar-refractivity contribution < 1.29 is 13.6 Å². The van der Waals surface area contributed by atoms with Crippen molar-refractivity contribution in [3.05, 3.63) is 70.2 Å². The minimum absolute atomic E-state index is 0.217. The zero-order valence-electron chi connectivity index (χ0n) is 10.7. The van der Waals surface area contributed by atoms with Gasteiger partial charge in [-0.1, -0.05) is 29.8 Å². The van der Waals surface area contributed by atoms with E-state index in [9.17, 15) is 13.6 Å². The van der Waals surface area contributed by atoms with E-state index in [1.165, 1.54) is 11.9 Å². The Morgan fingerprint density at radius 2 is 1.90 bits per heavy atom. The summed E-state index contributed by atoms with van der Waals surface area (Å²) < 4.78 is 26.7. The monoisotopic (exact) mass is 295 g/mol. The van der Waals surface area contributed by atoms with Crippen molar-refractivity contribution in [2.45, 2.75) is 6.54 Å². The lowest BCUT2D eigenvalue weighted by Gasteiger charge is -2.18. The van der Waals surface area contributed by atoms with Crippen molar-refractivity contribution >= 4 is 17.5 Å². The zero-order valence-corrected chi connectivity index (χ0v) is 11.5. The molecule has 0 N–H and O–H groups in total. The van der Waals surface area contributed by atoms with Gasteiger partial charge in [-0.15, -0.1) is 0 Å². The van der Waals surface area contributed by atoms with E-state index in [0.717, 1.165) is 23.8 Å². The predicted molar refractivity (Wildman–Crippen MR) is 73.6 cm³/mol. The molecule has 0 saturated heterocycles. The number of benzene rings is 2. The highest BCUT2D eigenvalue weighted by Crippen LogP contribution is 2.18. The van der Waals surface area contributed by atoms with Crippen molar-refractivity contribution in [2.24, 2.45) is 0 Å². The Morgan fingerprint density at radius 3 is 2.60 bits per heavy atom. The third-order valence-corrected chi connectivity index (χ3v) is 3.24. The molecule has 0 unspecified atom stereocenters. The fourth-order valence-electron chi connectivity index (χ4n) is 1.82. The first-order chi connectivity index (χ1) is 9.49. The maximum atomic E-state index is 13.6. The summed E-state index contributed by atoms with van der Waals surface area (Å²) in [4.78, 5) is 13.4. The second-order valence-electron chi connectivity index (χ2n) is 4.38. The summed E-state index contributed by atoms with van der Waals surface area (Å²) in [7, 11) is 1.51. The van der Waals surface area contributed by atoms with Crippen molar-refractivity contribution in [1.29, 1.82) is 0 Å². The molecular formula is C15H12ClF2NO. The van der Waals surface area contributed by atoms with Crippen LogP contribution in [0.3, 0.4) is 0 Å². The molecule has 0 fully saturated rings. The van der Waals surface area contributed by atoms with Crippen molar-refractivity contribution in [3.63, 3.8) is 0 Å². The molecule has 0 saturated carbocycles. The summed E-state index contributed by atoms with van der Waals surface area (Å²) in [5, 5.41) is 0.520. The number of hydrogen-bond acceptors (Lipinski definition) is 1. The van der Waals surface area contributed by atoms with Crippen LogP contribution in [0.5, 0.6) is 0 Å². The largest absolute Gasteiger partial charge is 0.337 e. The molecule has 2 aromatic carbocycles. The number of rotatable bonds is 3. The molecule has 0 bridgehead atoms. The summed E-state index contributed by atoms with van der Waals surface area (Å²) in [6.07, 6.45) is 0. The van der Waals surface area contributed by atoms with E-state index >= 15 is 0 Å². The molecule has 2 nitrogen and oxygen atoms in total. The van der Waals surface area contributed by atoms with E-state index in [1.54, 1.807) is 24.3 Å². The molecule has 0 heterocycles. The Morgan fingerprint density at radius 1 is 1.20 bits per heavy atom. The molecule has 0 aliphatic rings. The van der Waals surface area contributed by atoms with Gasteiger partial charge in [-0.3, -0.25) is 4.79 Å². The molecule has 0 radical (unpaired) electrons. The van der Waals surface area contributed by atoms with Crippen molar-refractivity contribution in [3.8, 4) is 0 Å². The van der Waals surface area contributed by atoms with E-state index in [4.69, 9.17) is 11.6 Å². The molecule has 0 aromatic heterocycles. The van der Waals surface area contributed by atoms with Gasteiger partial charge in [0.1, 0.15) is 11.6 Å². The SMILES string of the molecule is CN(Cc1ccccc1Cl)C(=O)c1cc(F)ccc1F. The van der Waals surface area contributed by atoms with E-state index < -0.39 is 17.5 Å². The molecule has 1 amide bonds. The van der Waals surface area contributed by atoms with Gasteiger partial charge in [0.25, 0.3) is 5.91 Å². The molecule has 2 aromatic rings. The van der Waals surface area contributed by atoms with Crippen LogP contribution in [0, 0.1) is 11.6 Å². The standard InChI is InChI=1S/C15H12ClF2NO/c1-19(9-10-4-2-3-5-13(10)16)15(20)12-8-11(17)6-7-14(12)18/h2-8H,9H2,1H3. The van der Waals surface area contributed by atoms with Crippen LogP contribution in [-0.2, 0) is 6.54 Å². The summed E-state index contributed by atoms with van der Waals surface area (Å²) >= 11 is 6.00. The van der Waals surface area contributed by atoms with Crippen molar-refractivity contribution in [1.82, 2.24) is 4.90 Å². The van der Waals surface area contributed by atoms with Gasteiger partial charge in [0.15, 0.2) is 0 Å². The van der Waals surface area contributed by atoms with Crippen molar-refractivity contribution in [2.75, 3.05) is 7.05 Å². The lowest BCUT2D eigenvalue weighted by atomic mass is 10.1. The highest BCUT2D eigenvalue weighted by atomic mass is 35.5. The minimum atomic E-state index is -0.748. The smallest absolute Gasteiger partial charge is 0.256 e. The van der Waals surface area contributed by atoms with E-state index in [2.05, 4.69) is 0 Å².